The first-order valence-corrected chi connectivity index (χ1v) is 13.3. The number of aryl methyl sites for hydroxylation is 1. The Hall–Kier alpha value is -3.35. The van der Waals surface area contributed by atoms with Crippen LogP contribution in [-0.4, -0.2) is 53.8 Å². The molecule has 2 aliphatic rings. The minimum atomic E-state index is -0.0471. The van der Waals surface area contributed by atoms with Gasteiger partial charge in [-0.2, -0.15) is 0 Å². The van der Waals surface area contributed by atoms with Crippen molar-refractivity contribution in [3.8, 4) is 5.75 Å². The number of nitrogens with zero attached hydrogens (tertiary/aromatic N) is 2. The van der Waals surface area contributed by atoms with Gasteiger partial charge in [0.05, 0.1) is 18.8 Å². The molecule has 6 heteroatoms. The highest BCUT2D eigenvalue weighted by Crippen LogP contribution is 2.39. The van der Waals surface area contributed by atoms with E-state index >= 15 is 0 Å². The molecule has 1 N–H and O–H groups in total. The number of methoxy groups -OCH3 is 1. The fourth-order valence-electron chi connectivity index (χ4n) is 6.22. The summed E-state index contributed by atoms with van der Waals surface area (Å²) in [6.45, 7) is 3.49. The van der Waals surface area contributed by atoms with E-state index in [9.17, 15) is 4.79 Å². The molecule has 2 aliphatic heterocycles. The van der Waals surface area contributed by atoms with Gasteiger partial charge in [0, 0.05) is 66.2 Å². The molecular weight excluding hydrogens is 462 g/mol. The number of hydrogen-bond donors (Lipinski definition) is 1. The molecule has 0 radical (unpaired) electrons. The Morgan fingerprint density at radius 2 is 1.76 bits per heavy atom. The van der Waals surface area contributed by atoms with Crippen LogP contribution in [0.5, 0.6) is 5.75 Å². The van der Waals surface area contributed by atoms with E-state index in [-0.39, 0.29) is 17.6 Å². The van der Waals surface area contributed by atoms with Crippen molar-refractivity contribution in [1.29, 1.82) is 0 Å². The van der Waals surface area contributed by atoms with Crippen LogP contribution in [0, 0.1) is 0 Å². The van der Waals surface area contributed by atoms with Gasteiger partial charge in [-0.1, -0.05) is 36.4 Å². The zero-order valence-corrected chi connectivity index (χ0v) is 21.7. The molecule has 192 valence electrons. The monoisotopic (exact) mass is 497 g/mol. The summed E-state index contributed by atoms with van der Waals surface area (Å²) >= 11 is 0. The van der Waals surface area contributed by atoms with Crippen molar-refractivity contribution < 1.29 is 14.3 Å². The Kier molecular flexibility index (Phi) is 6.39. The second-order valence-electron chi connectivity index (χ2n) is 10.6. The summed E-state index contributed by atoms with van der Waals surface area (Å²) in [5.41, 5.74) is 4.19. The van der Waals surface area contributed by atoms with Crippen LogP contribution in [0.1, 0.15) is 41.6 Å². The molecule has 1 amide bonds. The third-order valence-electron chi connectivity index (χ3n) is 8.36. The first-order chi connectivity index (χ1) is 18.0. The Balaban J connectivity index is 1.04. The van der Waals surface area contributed by atoms with Crippen molar-refractivity contribution in [3.63, 3.8) is 0 Å². The van der Waals surface area contributed by atoms with Gasteiger partial charge in [0.15, 0.2) is 0 Å². The summed E-state index contributed by atoms with van der Waals surface area (Å²) in [4.78, 5) is 15.5. The molecule has 2 saturated heterocycles. The Morgan fingerprint density at radius 3 is 2.59 bits per heavy atom. The molecule has 4 aromatic rings. The number of fused-ring (bicyclic) bond motifs is 3. The Bertz CT molecular complexity index is 1430. The van der Waals surface area contributed by atoms with Crippen LogP contribution in [-0.2, 0) is 18.3 Å². The molecule has 1 aromatic heterocycles. The largest absolute Gasteiger partial charge is 0.496 e. The average molecular weight is 498 g/mol. The second-order valence-corrected chi connectivity index (χ2v) is 10.6. The molecule has 0 bridgehead atoms. The summed E-state index contributed by atoms with van der Waals surface area (Å²) in [5.74, 6) is 0.918. The van der Waals surface area contributed by atoms with Crippen LogP contribution in [0.15, 0.2) is 66.7 Å². The summed E-state index contributed by atoms with van der Waals surface area (Å²) in [6.07, 6.45) is 4.20. The maximum atomic E-state index is 13.0. The summed E-state index contributed by atoms with van der Waals surface area (Å²) in [6, 6.07) is 22.6. The maximum Gasteiger partial charge on any atom is 0.251 e. The zero-order chi connectivity index (χ0) is 25.4. The molecule has 2 fully saturated rings. The molecular formula is C31H35N3O3. The highest BCUT2D eigenvalue weighted by molar-refractivity contribution is 6.10. The summed E-state index contributed by atoms with van der Waals surface area (Å²) in [5, 5.41) is 5.43. The van der Waals surface area contributed by atoms with Gasteiger partial charge in [-0.25, -0.2) is 0 Å². The Morgan fingerprint density at radius 1 is 1.00 bits per heavy atom. The third-order valence-corrected chi connectivity index (χ3v) is 8.36. The van der Waals surface area contributed by atoms with Crippen LogP contribution in [0.3, 0.4) is 0 Å². The van der Waals surface area contributed by atoms with Crippen molar-refractivity contribution in [3.05, 3.63) is 77.9 Å². The number of ether oxygens (including phenoxy) is 2. The van der Waals surface area contributed by atoms with Crippen molar-refractivity contribution in [2.24, 2.45) is 7.05 Å². The molecule has 0 unspecified atom stereocenters. The second kappa shape index (κ2) is 9.84. The van der Waals surface area contributed by atoms with E-state index < -0.39 is 0 Å². The summed E-state index contributed by atoms with van der Waals surface area (Å²) in [7, 11) is 3.80. The summed E-state index contributed by atoms with van der Waals surface area (Å²) < 4.78 is 14.3. The molecule has 6 nitrogen and oxygen atoms in total. The van der Waals surface area contributed by atoms with Gasteiger partial charge in [0.2, 0.25) is 0 Å². The van der Waals surface area contributed by atoms with E-state index in [1.807, 2.05) is 42.5 Å². The van der Waals surface area contributed by atoms with Gasteiger partial charge in [-0.05, 0) is 56.0 Å². The van der Waals surface area contributed by atoms with Crippen LogP contribution in [0.4, 0.5) is 0 Å². The molecule has 0 saturated carbocycles. The predicted octanol–water partition coefficient (Wildman–Crippen LogP) is 5.28. The van der Waals surface area contributed by atoms with Gasteiger partial charge < -0.3 is 19.4 Å². The van der Waals surface area contributed by atoms with E-state index in [2.05, 4.69) is 46.1 Å². The van der Waals surface area contributed by atoms with Crippen molar-refractivity contribution in [2.75, 3.05) is 26.7 Å². The number of hydrogen-bond acceptors (Lipinski definition) is 4. The van der Waals surface area contributed by atoms with Crippen molar-refractivity contribution >= 4 is 27.7 Å². The average Bonchev–Trinajstić information content (AvgIpc) is 3.47. The lowest BCUT2D eigenvalue weighted by atomic mass is 9.88. The van der Waals surface area contributed by atoms with E-state index in [4.69, 9.17) is 9.47 Å². The fourth-order valence-corrected chi connectivity index (χ4v) is 6.22. The number of nitrogens with one attached hydrogen (secondary N) is 1. The number of piperidine rings is 1. The standard InChI is InChI=1S/C31H35N3O3/c1-33-27-9-5-4-8-25(27)26-19-22(11-12-28(26)33)30(35)32-20-24-13-14-31(37-24)15-17-34(18-16-31)21-23-7-3-6-10-29(23)36-2/h3-12,19,24H,13-18,20-21H2,1-2H3,(H,32,35)/t24-/m1/s1. The van der Waals surface area contributed by atoms with E-state index in [1.54, 1.807) is 7.11 Å². The molecule has 1 atom stereocenters. The number of likely N-dealkylation sites (tertiary alicyclic amines) is 1. The normalized spacial score (nSPS) is 19.6. The lowest BCUT2D eigenvalue weighted by molar-refractivity contribution is -0.0765. The zero-order valence-electron chi connectivity index (χ0n) is 21.7. The topological polar surface area (TPSA) is 55.7 Å². The number of benzene rings is 3. The first kappa shape index (κ1) is 24.0. The van der Waals surface area contributed by atoms with Gasteiger partial charge in [-0.15, -0.1) is 0 Å². The predicted molar refractivity (Wildman–Crippen MR) is 147 cm³/mol. The van der Waals surface area contributed by atoms with E-state index in [1.165, 1.54) is 16.5 Å². The number of carbonyl (C=O) groups excluding carboxylic acids is 1. The van der Waals surface area contributed by atoms with E-state index in [0.717, 1.165) is 62.0 Å². The quantitative estimate of drug-likeness (QED) is 0.394. The van der Waals surface area contributed by atoms with Crippen LogP contribution < -0.4 is 10.1 Å². The minimum Gasteiger partial charge on any atom is -0.496 e. The van der Waals surface area contributed by atoms with Gasteiger partial charge in [-0.3, -0.25) is 9.69 Å². The maximum absolute atomic E-state index is 13.0. The molecule has 6 rings (SSSR count). The molecule has 1 spiro atoms. The SMILES string of the molecule is COc1ccccc1CN1CCC2(CC[C@H](CNC(=O)c3ccc4c(c3)c3ccccc3n4C)O2)CC1. The van der Waals surface area contributed by atoms with Crippen LogP contribution in [0.25, 0.3) is 21.8 Å². The van der Waals surface area contributed by atoms with Gasteiger partial charge in [0.25, 0.3) is 5.91 Å². The number of carbonyl (C=O) groups is 1. The highest BCUT2D eigenvalue weighted by Gasteiger charge is 2.42. The van der Waals surface area contributed by atoms with Crippen LogP contribution >= 0.6 is 0 Å². The molecule has 37 heavy (non-hydrogen) atoms. The number of aromatic nitrogens is 1. The van der Waals surface area contributed by atoms with Crippen molar-refractivity contribution in [1.82, 2.24) is 14.8 Å². The number of rotatable bonds is 6. The Labute approximate surface area is 218 Å². The highest BCUT2D eigenvalue weighted by atomic mass is 16.5. The third kappa shape index (κ3) is 4.60. The molecule has 3 heterocycles. The lowest BCUT2D eigenvalue weighted by Crippen LogP contribution is -2.44. The van der Waals surface area contributed by atoms with Gasteiger partial charge in [0.1, 0.15) is 5.75 Å². The van der Waals surface area contributed by atoms with E-state index in [0.29, 0.717) is 12.1 Å². The van der Waals surface area contributed by atoms with Crippen molar-refractivity contribution in [2.45, 2.75) is 43.9 Å². The minimum absolute atomic E-state index is 0.0361. The van der Waals surface area contributed by atoms with Gasteiger partial charge >= 0.3 is 0 Å². The molecule has 0 aliphatic carbocycles. The molecule has 3 aromatic carbocycles. The number of amides is 1. The fraction of sp³-hybridized carbons (Fsp3) is 0.387. The van der Waals surface area contributed by atoms with Crippen LogP contribution in [0.2, 0.25) is 0 Å². The smallest absolute Gasteiger partial charge is 0.251 e. The lowest BCUT2D eigenvalue weighted by Gasteiger charge is -2.39. The first-order valence-electron chi connectivity index (χ1n) is 13.3. The number of para-hydroxylation sites is 2.